The van der Waals surface area contributed by atoms with Gasteiger partial charge in [-0.3, -0.25) is 9.48 Å². The molecule has 20 heavy (non-hydrogen) atoms. The second kappa shape index (κ2) is 6.29. The van der Waals surface area contributed by atoms with Crippen LogP contribution in [0.1, 0.15) is 23.0 Å². The Bertz CT molecular complexity index is 617. The fraction of sp³-hybridized carbons (Fsp3) is 0.286. The van der Waals surface area contributed by atoms with Crippen LogP contribution in [0, 0.1) is 0 Å². The minimum absolute atomic E-state index is 0.0922. The van der Waals surface area contributed by atoms with Gasteiger partial charge in [-0.05, 0) is 24.6 Å². The maximum Gasteiger partial charge on any atom is 0.189 e. The van der Waals surface area contributed by atoms with Crippen LogP contribution >= 0.6 is 23.2 Å². The first-order chi connectivity index (χ1) is 9.56. The predicted octanol–water partition coefficient (Wildman–Crippen LogP) is 3.64. The standard InChI is InChI=1S/C14H14Cl2N2O2/c1-3-18-14(13(20-2)8-17-18)12(19)6-9-4-5-10(15)7-11(9)16/h4-5,7-8H,3,6H2,1-2H3. The Morgan fingerprint density at radius 2 is 2.15 bits per heavy atom. The van der Waals surface area contributed by atoms with E-state index in [0.717, 1.165) is 5.56 Å². The van der Waals surface area contributed by atoms with Gasteiger partial charge in [0, 0.05) is 23.0 Å². The number of benzene rings is 1. The Labute approximate surface area is 127 Å². The smallest absolute Gasteiger partial charge is 0.189 e. The van der Waals surface area contributed by atoms with Crippen LogP contribution in [0.4, 0.5) is 0 Å². The van der Waals surface area contributed by atoms with Gasteiger partial charge in [0.15, 0.2) is 11.5 Å². The van der Waals surface area contributed by atoms with Crippen LogP contribution in [-0.2, 0) is 13.0 Å². The Morgan fingerprint density at radius 3 is 2.75 bits per heavy atom. The molecule has 0 radical (unpaired) electrons. The average molecular weight is 313 g/mol. The summed E-state index contributed by atoms with van der Waals surface area (Å²) >= 11 is 11.9. The van der Waals surface area contributed by atoms with E-state index in [9.17, 15) is 4.79 Å². The minimum Gasteiger partial charge on any atom is -0.493 e. The monoisotopic (exact) mass is 312 g/mol. The molecule has 0 fully saturated rings. The van der Waals surface area contributed by atoms with E-state index >= 15 is 0 Å². The zero-order valence-electron chi connectivity index (χ0n) is 11.2. The van der Waals surface area contributed by atoms with Crippen molar-refractivity contribution in [1.82, 2.24) is 9.78 Å². The highest BCUT2D eigenvalue weighted by molar-refractivity contribution is 6.35. The highest BCUT2D eigenvalue weighted by atomic mass is 35.5. The molecule has 1 aromatic carbocycles. The largest absolute Gasteiger partial charge is 0.493 e. The number of carbonyl (C=O) groups excluding carboxylic acids is 1. The van der Waals surface area contributed by atoms with Gasteiger partial charge in [0.2, 0.25) is 0 Å². The molecule has 6 heteroatoms. The molecule has 0 N–H and O–H groups in total. The highest BCUT2D eigenvalue weighted by Gasteiger charge is 2.19. The fourth-order valence-corrected chi connectivity index (χ4v) is 2.44. The Morgan fingerprint density at radius 1 is 1.40 bits per heavy atom. The van der Waals surface area contributed by atoms with E-state index in [2.05, 4.69) is 5.10 Å². The molecule has 0 aliphatic carbocycles. The molecule has 0 saturated heterocycles. The molecule has 0 spiro atoms. The molecule has 0 saturated carbocycles. The molecule has 0 bridgehead atoms. The minimum atomic E-state index is -0.0922. The lowest BCUT2D eigenvalue weighted by atomic mass is 10.1. The van der Waals surface area contributed by atoms with Crippen molar-refractivity contribution >= 4 is 29.0 Å². The van der Waals surface area contributed by atoms with Crippen LogP contribution in [0.25, 0.3) is 0 Å². The SMILES string of the molecule is CCn1ncc(OC)c1C(=O)Cc1ccc(Cl)cc1Cl. The number of halogens is 2. The third-order valence-electron chi connectivity index (χ3n) is 2.96. The summed E-state index contributed by atoms with van der Waals surface area (Å²) in [5.41, 5.74) is 1.19. The van der Waals surface area contributed by atoms with Gasteiger partial charge in [-0.1, -0.05) is 29.3 Å². The maximum absolute atomic E-state index is 12.4. The Kier molecular flexibility index (Phi) is 4.68. The van der Waals surface area contributed by atoms with Crippen LogP contribution in [0.2, 0.25) is 10.0 Å². The lowest BCUT2D eigenvalue weighted by molar-refractivity contribution is 0.0979. The number of hydrogen-bond donors (Lipinski definition) is 0. The van der Waals surface area contributed by atoms with Crippen LogP contribution in [-0.4, -0.2) is 22.7 Å². The number of aryl methyl sites for hydroxylation is 1. The molecule has 0 aliphatic rings. The number of nitrogens with zero attached hydrogens (tertiary/aromatic N) is 2. The number of rotatable bonds is 5. The molecule has 2 rings (SSSR count). The first kappa shape index (κ1) is 14.9. The fourth-order valence-electron chi connectivity index (χ4n) is 1.96. The normalized spacial score (nSPS) is 10.6. The summed E-state index contributed by atoms with van der Waals surface area (Å²) < 4.78 is 6.79. The summed E-state index contributed by atoms with van der Waals surface area (Å²) in [4.78, 5) is 12.4. The lowest BCUT2D eigenvalue weighted by Crippen LogP contribution is -2.13. The van der Waals surface area contributed by atoms with Gasteiger partial charge in [0.1, 0.15) is 5.69 Å². The number of Topliss-reactive ketones (excluding diaryl/α,β-unsaturated/α-hetero) is 1. The van der Waals surface area contributed by atoms with Crippen LogP contribution in [0.15, 0.2) is 24.4 Å². The number of hydrogen-bond acceptors (Lipinski definition) is 3. The topological polar surface area (TPSA) is 44.1 Å². The predicted molar refractivity (Wildman–Crippen MR) is 78.9 cm³/mol. The van der Waals surface area contributed by atoms with Crippen molar-refractivity contribution in [2.45, 2.75) is 19.9 Å². The third kappa shape index (κ3) is 2.97. The summed E-state index contributed by atoms with van der Waals surface area (Å²) in [6, 6.07) is 5.09. The number of carbonyl (C=O) groups is 1. The molecule has 1 aromatic heterocycles. The van der Waals surface area contributed by atoms with E-state index in [0.29, 0.717) is 28.0 Å². The Hall–Kier alpha value is -1.52. The van der Waals surface area contributed by atoms with Crippen molar-refractivity contribution in [1.29, 1.82) is 0 Å². The summed E-state index contributed by atoms with van der Waals surface area (Å²) in [6.45, 7) is 2.51. The third-order valence-corrected chi connectivity index (χ3v) is 3.54. The van der Waals surface area contributed by atoms with Gasteiger partial charge >= 0.3 is 0 Å². The highest BCUT2D eigenvalue weighted by Crippen LogP contribution is 2.24. The molecular weight excluding hydrogens is 299 g/mol. The number of ketones is 1. The molecular formula is C14H14Cl2N2O2. The van der Waals surface area contributed by atoms with E-state index in [-0.39, 0.29) is 12.2 Å². The van der Waals surface area contributed by atoms with Crippen LogP contribution < -0.4 is 4.74 Å². The number of methoxy groups -OCH3 is 1. The lowest BCUT2D eigenvalue weighted by Gasteiger charge is -2.08. The Balaban J connectivity index is 2.30. The second-order valence-corrected chi connectivity index (χ2v) is 5.06. The first-order valence-electron chi connectivity index (χ1n) is 6.13. The molecule has 4 nitrogen and oxygen atoms in total. The zero-order valence-corrected chi connectivity index (χ0v) is 12.7. The molecule has 106 valence electrons. The van der Waals surface area contributed by atoms with Gasteiger partial charge in [-0.25, -0.2) is 0 Å². The van der Waals surface area contributed by atoms with Crippen molar-refractivity contribution in [3.8, 4) is 5.75 Å². The van der Waals surface area contributed by atoms with E-state index in [1.165, 1.54) is 7.11 Å². The van der Waals surface area contributed by atoms with Crippen molar-refractivity contribution in [3.63, 3.8) is 0 Å². The number of ether oxygens (including phenoxy) is 1. The summed E-state index contributed by atoms with van der Waals surface area (Å²) in [6.07, 6.45) is 1.72. The zero-order chi connectivity index (χ0) is 14.7. The molecule has 0 aliphatic heterocycles. The van der Waals surface area contributed by atoms with Crippen molar-refractivity contribution in [2.75, 3.05) is 7.11 Å². The van der Waals surface area contributed by atoms with Gasteiger partial charge in [-0.2, -0.15) is 5.10 Å². The van der Waals surface area contributed by atoms with Gasteiger partial charge in [-0.15, -0.1) is 0 Å². The van der Waals surface area contributed by atoms with Gasteiger partial charge in [0.05, 0.1) is 13.3 Å². The summed E-state index contributed by atoms with van der Waals surface area (Å²) in [5.74, 6) is 0.382. The average Bonchev–Trinajstić information content (AvgIpc) is 2.84. The van der Waals surface area contributed by atoms with Crippen molar-refractivity contribution < 1.29 is 9.53 Å². The second-order valence-electron chi connectivity index (χ2n) is 4.21. The van der Waals surface area contributed by atoms with E-state index in [4.69, 9.17) is 27.9 Å². The quantitative estimate of drug-likeness (QED) is 0.792. The van der Waals surface area contributed by atoms with E-state index < -0.39 is 0 Å². The molecule has 0 atom stereocenters. The van der Waals surface area contributed by atoms with Crippen molar-refractivity contribution in [3.05, 3.63) is 45.7 Å². The number of aromatic nitrogens is 2. The van der Waals surface area contributed by atoms with Gasteiger partial charge in [0.25, 0.3) is 0 Å². The summed E-state index contributed by atoms with van der Waals surface area (Å²) in [7, 11) is 1.52. The van der Waals surface area contributed by atoms with E-state index in [1.54, 1.807) is 29.1 Å². The van der Waals surface area contributed by atoms with Gasteiger partial charge < -0.3 is 4.74 Å². The molecule has 1 heterocycles. The molecule has 0 unspecified atom stereocenters. The first-order valence-corrected chi connectivity index (χ1v) is 6.89. The van der Waals surface area contributed by atoms with Crippen molar-refractivity contribution in [2.24, 2.45) is 0 Å². The maximum atomic E-state index is 12.4. The molecule has 2 aromatic rings. The summed E-state index contributed by atoms with van der Waals surface area (Å²) in [5, 5.41) is 5.14. The van der Waals surface area contributed by atoms with Crippen LogP contribution in [0.3, 0.4) is 0 Å². The van der Waals surface area contributed by atoms with E-state index in [1.807, 2.05) is 6.92 Å². The molecule has 0 amide bonds. The van der Waals surface area contributed by atoms with Crippen LogP contribution in [0.5, 0.6) is 5.75 Å².